The Labute approximate surface area is 127 Å². The second-order valence-corrected chi connectivity index (χ2v) is 9.71. The third kappa shape index (κ3) is 3.10. The van der Waals surface area contributed by atoms with Crippen molar-refractivity contribution >= 4 is 15.7 Å². The number of sulfone groups is 1. The number of carbonyl (C=O) groups excluding carboxylic acids is 1. The fourth-order valence-corrected chi connectivity index (χ4v) is 2.74. The number of hydrogen-bond donors (Lipinski definition) is 2. The van der Waals surface area contributed by atoms with Gasteiger partial charge in [0.05, 0.1) is 10.9 Å². The fourth-order valence-electron chi connectivity index (χ4n) is 2.40. The van der Waals surface area contributed by atoms with Crippen molar-refractivity contribution in [3.63, 3.8) is 0 Å². The summed E-state index contributed by atoms with van der Waals surface area (Å²) in [6.07, 6.45) is 1.55. The fraction of sp³-hybridized carbons (Fsp3) is 0.929. The second kappa shape index (κ2) is 5.52. The summed E-state index contributed by atoms with van der Waals surface area (Å²) in [5.74, 6) is -0.319. The smallest absolute Gasteiger partial charge is 0.240 e. The van der Waals surface area contributed by atoms with Gasteiger partial charge in [-0.25, -0.2) is 8.42 Å². The van der Waals surface area contributed by atoms with Gasteiger partial charge in [-0.05, 0) is 20.8 Å². The van der Waals surface area contributed by atoms with E-state index in [-0.39, 0.29) is 18.6 Å². The molecule has 0 heterocycles. The van der Waals surface area contributed by atoms with Crippen molar-refractivity contribution in [3.05, 3.63) is 0 Å². The van der Waals surface area contributed by atoms with Crippen LogP contribution in [-0.4, -0.2) is 50.1 Å². The Morgan fingerprint density at radius 2 is 1.95 bits per heavy atom. The van der Waals surface area contributed by atoms with Crippen LogP contribution in [0.4, 0.5) is 0 Å². The molecule has 1 rings (SSSR count). The highest BCUT2D eigenvalue weighted by Crippen LogP contribution is 2.49. The van der Waals surface area contributed by atoms with Crippen molar-refractivity contribution < 1.29 is 17.9 Å². The first-order valence-electron chi connectivity index (χ1n) is 7.18. The van der Waals surface area contributed by atoms with Gasteiger partial charge in [0.1, 0.15) is 5.54 Å². The van der Waals surface area contributed by atoms with E-state index in [9.17, 15) is 13.2 Å². The predicted molar refractivity (Wildman–Crippen MR) is 82.7 cm³/mol. The van der Waals surface area contributed by atoms with Crippen molar-refractivity contribution in [1.29, 1.82) is 0 Å². The van der Waals surface area contributed by atoms with Crippen molar-refractivity contribution in [2.24, 2.45) is 11.1 Å². The Hall–Kier alpha value is -0.660. The largest absolute Gasteiger partial charge is 0.378 e. The summed E-state index contributed by atoms with van der Waals surface area (Å²) in [6.45, 7) is 9.49. The first kappa shape index (κ1) is 18.4. The van der Waals surface area contributed by atoms with Crippen LogP contribution in [-0.2, 0) is 19.4 Å². The molecule has 1 saturated carbocycles. The maximum Gasteiger partial charge on any atom is 0.240 e. The Balaban J connectivity index is 2.74. The third-order valence-corrected chi connectivity index (χ3v) is 7.07. The van der Waals surface area contributed by atoms with Gasteiger partial charge in [-0.3, -0.25) is 4.79 Å². The summed E-state index contributed by atoms with van der Waals surface area (Å²) in [6, 6.07) is 0. The molecule has 1 fully saturated rings. The molecule has 1 aliphatic rings. The first-order chi connectivity index (χ1) is 9.29. The quantitative estimate of drug-likeness (QED) is 0.741. The number of nitrogens with one attached hydrogen (secondary N) is 1. The van der Waals surface area contributed by atoms with Gasteiger partial charge in [-0.15, -0.1) is 0 Å². The normalized spacial score (nSPS) is 28.8. The molecule has 6 nitrogen and oxygen atoms in total. The summed E-state index contributed by atoms with van der Waals surface area (Å²) in [4.78, 5) is 12.4. The highest BCUT2D eigenvalue weighted by atomic mass is 32.2. The minimum absolute atomic E-state index is 0.0407. The topological polar surface area (TPSA) is 98.5 Å². The van der Waals surface area contributed by atoms with E-state index in [0.717, 1.165) is 6.26 Å². The zero-order valence-electron chi connectivity index (χ0n) is 13.8. The lowest BCUT2D eigenvalue weighted by molar-refractivity contribution is -0.170. The monoisotopic (exact) mass is 320 g/mol. The lowest BCUT2D eigenvalue weighted by Gasteiger charge is -2.57. The summed E-state index contributed by atoms with van der Waals surface area (Å²) in [7, 11) is -3.26. The maximum atomic E-state index is 12.4. The van der Waals surface area contributed by atoms with E-state index in [2.05, 4.69) is 5.32 Å². The zero-order chi connectivity index (χ0) is 16.7. The highest BCUT2D eigenvalue weighted by molar-refractivity contribution is 7.92. The van der Waals surface area contributed by atoms with Crippen molar-refractivity contribution in [2.75, 3.05) is 19.4 Å². The Kier molecular flexibility index (Phi) is 4.83. The zero-order valence-corrected chi connectivity index (χ0v) is 14.6. The van der Waals surface area contributed by atoms with E-state index in [1.54, 1.807) is 13.8 Å². The van der Waals surface area contributed by atoms with Gasteiger partial charge in [0.25, 0.3) is 0 Å². The molecule has 21 heavy (non-hydrogen) atoms. The molecule has 2 atom stereocenters. The van der Waals surface area contributed by atoms with Crippen LogP contribution in [0.1, 0.15) is 41.0 Å². The standard InChI is InChI=1S/C14H28N2O4S/c1-7-20-10-8-14(15,13(10,4)5)11(17)16-9-12(2,3)21(6,18)19/h10H,7-9,15H2,1-6H3,(H,16,17). The number of rotatable bonds is 6. The van der Waals surface area contributed by atoms with E-state index < -0.39 is 25.5 Å². The average molecular weight is 320 g/mol. The van der Waals surface area contributed by atoms with Gasteiger partial charge in [-0.1, -0.05) is 13.8 Å². The van der Waals surface area contributed by atoms with Crippen LogP contribution in [0, 0.1) is 5.41 Å². The Morgan fingerprint density at radius 3 is 2.33 bits per heavy atom. The lowest BCUT2D eigenvalue weighted by Crippen LogP contribution is -2.76. The Morgan fingerprint density at radius 1 is 1.43 bits per heavy atom. The van der Waals surface area contributed by atoms with Gasteiger partial charge in [0.15, 0.2) is 9.84 Å². The number of amides is 1. The van der Waals surface area contributed by atoms with E-state index >= 15 is 0 Å². The maximum absolute atomic E-state index is 12.4. The molecule has 1 amide bonds. The summed E-state index contributed by atoms with van der Waals surface area (Å²) in [5, 5.41) is 2.69. The highest BCUT2D eigenvalue weighted by Gasteiger charge is 2.62. The van der Waals surface area contributed by atoms with Gasteiger partial charge in [0.2, 0.25) is 5.91 Å². The SMILES string of the molecule is CCOC1CC(N)(C(=O)NCC(C)(C)S(C)(=O)=O)C1(C)C. The van der Waals surface area contributed by atoms with E-state index in [4.69, 9.17) is 10.5 Å². The number of ether oxygens (including phenoxy) is 1. The molecule has 7 heteroatoms. The minimum Gasteiger partial charge on any atom is -0.378 e. The van der Waals surface area contributed by atoms with Crippen molar-refractivity contribution in [1.82, 2.24) is 5.32 Å². The molecule has 0 aromatic rings. The van der Waals surface area contributed by atoms with Crippen LogP contribution in [0.25, 0.3) is 0 Å². The van der Waals surface area contributed by atoms with Crippen molar-refractivity contribution in [2.45, 2.75) is 57.4 Å². The molecule has 0 aromatic heterocycles. The van der Waals surface area contributed by atoms with Crippen LogP contribution in [0.2, 0.25) is 0 Å². The third-order valence-electron chi connectivity index (χ3n) is 4.91. The number of carbonyl (C=O) groups is 1. The molecule has 0 saturated heterocycles. The summed E-state index contributed by atoms with van der Waals surface area (Å²) < 4.78 is 27.9. The predicted octanol–water partition coefficient (Wildman–Crippen LogP) is 0.458. The molecular weight excluding hydrogens is 292 g/mol. The minimum atomic E-state index is -3.26. The molecule has 0 aliphatic heterocycles. The molecule has 0 spiro atoms. The summed E-state index contributed by atoms with van der Waals surface area (Å²) >= 11 is 0. The van der Waals surface area contributed by atoms with E-state index in [0.29, 0.717) is 13.0 Å². The average Bonchev–Trinajstić information content (AvgIpc) is 2.34. The lowest BCUT2D eigenvalue weighted by atomic mass is 9.54. The first-order valence-corrected chi connectivity index (χ1v) is 9.07. The molecule has 2 unspecified atom stereocenters. The van der Waals surface area contributed by atoms with Gasteiger partial charge in [0, 0.05) is 31.2 Å². The molecule has 0 bridgehead atoms. The molecule has 0 radical (unpaired) electrons. The van der Waals surface area contributed by atoms with Crippen LogP contribution in [0.5, 0.6) is 0 Å². The molecule has 124 valence electrons. The molecule has 1 aliphatic carbocycles. The number of nitrogens with two attached hydrogens (primary N) is 1. The van der Waals surface area contributed by atoms with Gasteiger partial charge in [-0.2, -0.15) is 0 Å². The second-order valence-electron chi connectivity index (χ2n) is 7.06. The molecular formula is C14H28N2O4S. The molecule has 3 N–H and O–H groups in total. The van der Waals surface area contributed by atoms with E-state index in [1.165, 1.54) is 0 Å². The van der Waals surface area contributed by atoms with Crippen LogP contribution in [0.3, 0.4) is 0 Å². The van der Waals surface area contributed by atoms with Gasteiger partial charge >= 0.3 is 0 Å². The van der Waals surface area contributed by atoms with Gasteiger partial charge < -0.3 is 15.8 Å². The van der Waals surface area contributed by atoms with Crippen molar-refractivity contribution in [3.8, 4) is 0 Å². The van der Waals surface area contributed by atoms with E-state index in [1.807, 2.05) is 20.8 Å². The van der Waals surface area contributed by atoms with Crippen LogP contribution >= 0.6 is 0 Å². The molecule has 0 aromatic carbocycles. The van der Waals surface area contributed by atoms with Crippen LogP contribution < -0.4 is 11.1 Å². The Bertz CT molecular complexity index is 513. The summed E-state index contributed by atoms with van der Waals surface area (Å²) in [5.41, 5.74) is 4.73. The number of hydrogen-bond acceptors (Lipinski definition) is 5. The van der Waals surface area contributed by atoms with Crippen LogP contribution in [0.15, 0.2) is 0 Å².